The zero-order chi connectivity index (χ0) is 11.1. The molecule has 0 aliphatic carbocycles. The Morgan fingerprint density at radius 2 is 2.19 bits per heavy atom. The van der Waals surface area contributed by atoms with E-state index in [1.807, 2.05) is 24.4 Å². The van der Waals surface area contributed by atoms with Gasteiger partial charge >= 0.3 is 0 Å². The number of aryl methyl sites for hydroxylation is 1. The van der Waals surface area contributed by atoms with E-state index >= 15 is 0 Å². The van der Waals surface area contributed by atoms with Crippen LogP contribution < -0.4 is 0 Å². The second-order valence-electron chi connectivity index (χ2n) is 3.37. The monoisotopic (exact) mass is 250 g/mol. The molecule has 0 aromatic carbocycles. The lowest BCUT2D eigenvalue weighted by Crippen LogP contribution is -1.89. The van der Waals surface area contributed by atoms with Crippen LogP contribution in [0.25, 0.3) is 21.6 Å². The summed E-state index contributed by atoms with van der Waals surface area (Å²) in [6.45, 7) is 1.88. The SMILES string of the molecule is Cc1occc1-c1nc(Cl)c2ccsc2n1. The molecule has 0 amide bonds. The molecule has 0 fully saturated rings. The van der Waals surface area contributed by atoms with Crippen LogP contribution in [0.5, 0.6) is 0 Å². The van der Waals surface area contributed by atoms with Crippen molar-refractivity contribution in [2.75, 3.05) is 0 Å². The molecular weight excluding hydrogens is 244 g/mol. The summed E-state index contributed by atoms with van der Waals surface area (Å²) >= 11 is 7.65. The van der Waals surface area contributed by atoms with Crippen molar-refractivity contribution < 1.29 is 4.42 Å². The number of aromatic nitrogens is 2. The molecule has 0 atom stereocenters. The molecule has 0 bridgehead atoms. The maximum atomic E-state index is 6.10. The van der Waals surface area contributed by atoms with Gasteiger partial charge in [0.25, 0.3) is 0 Å². The molecule has 0 N–H and O–H groups in total. The Morgan fingerprint density at radius 1 is 1.31 bits per heavy atom. The molecule has 0 saturated carbocycles. The molecule has 3 aromatic rings. The molecule has 0 aliphatic rings. The fourth-order valence-electron chi connectivity index (χ4n) is 1.56. The first-order valence-corrected chi connectivity index (χ1v) is 5.96. The molecule has 0 aliphatic heterocycles. The van der Waals surface area contributed by atoms with Crippen molar-refractivity contribution in [3.8, 4) is 11.4 Å². The maximum absolute atomic E-state index is 6.10. The zero-order valence-electron chi connectivity index (χ0n) is 8.40. The summed E-state index contributed by atoms with van der Waals surface area (Å²) in [5, 5.41) is 3.34. The van der Waals surface area contributed by atoms with Crippen molar-refractivity contribution in [2.45, 2.75) is 6.92 Å². The minimum atomic E-state index is 0.488. The van der Waals surface area contributed by atoms with Gasteiger partial charge in [0.2, 0.25) is 0 Å². The van der Waals surface area contributed by atoms with Crippen molar-refractivity contribution in [3.63, 3.8) is 0 Å². The lowest BCUT2D eigenvalue weighted by Gasteiger charge is -1.99. The van der Waals surface area contributed by atoms with E-state index in [4.69, 9.17) is 16.0 Å². The average molecular weight is 251 g/mol. The minimum absolute atomic E-state index is 0.488. The molecular formula is C11H7ClN2OS. The minimum Gasteiger partial charge on any atom is -0.469 e. The van der Waals surface area contributed by atoms with E-state index < -0.39 is 0 Å². The van der Waals surface area contributed by atoms with Crippen LogP contribution in [-0.4, -0.2) is 9.97 Å². The third-order valence-electron chi connectivity index (χ3n) is 2.38. The molecule has 3 rings (SSSR count). The summed E-state index contributed by atoms with van der Waals surface area (Å²) in [5.41, 5.74) is 0.886. The quantitative estimate of drug-likeness (QED) is 0.615. The van der Waals surface area contributed by atoms with Crippen LogP contribution in [0.4, 0.5) is 0 Å². The first kappa shape index (κ1) is 9.81. The van der Waals surface area contributed by atoms with Crippen LogP contribution >= 0.6 is 22.9 Å². The van der Waals surface area contributed by atoms with Crippen LogP contribution in [0.15, 0.2) is 28.2 Å². The van der Waals surface area contributed by atoms with Crippen molar-refractivity contribution in [1.82, 2.24) is 9.97 Å². The Labute approximate surface area is 101 Å². The topological polar surface area (TPSA) is 38.9 Å². The van der Waals surface area contributed by atoms with Gasteiger partial charge in [0, 0.05) is 5.39 Å². The standard InChI is InChI=1S/C11H7ClN2OS/c1-6-7(2-4-15-6)10-13-9(12)8-3-5-16-11(8)14-10/h2-5H,1H3. The third-order valence-corrected chi connectivity index (χ3v) is 3.47. The van der Waals surface area contributed by atoms with Gasteiger partial charge in [-0.2, -0.15) is 0 Å². The van der Waals surface area contributed by atoms with Crippen LogP contribution in [0.1, 0.15) is 5.76 Å². The van der Waals surface area contributed by atoms with Crippen molar-refractivity contribution in [2.24, 2.45) is 0 Å². The highest BCUT2D eigenvalue weighted by molar-refractivity contribution is 7.16. The molecule has 80 valence electrons. The van der Waals surface area contributed by atoms with Gasteiger partial charge in [0.05, 0.1) is 11.8 Å². The lowest BCUT2D eigenvalue weighted by molar-refractivity contribution is 0.535. The van der Waals surface area contributed by atoms with Crippen LogP contribution in [0, 0.1) is 6.92 Å². The second kappa shape index (κ2) is 3.57. The Kier molecular flexibility index (Phi) is 2.19. The summed E-state index contributed by atoms with van der Waals surface area (Å²) < 4.78 is 5.23. The number of hydrogen-bond acceptors (Lipinski definition) is 4. The van der Waals surface area contributed by atoms with Gasteiger partial charge in [-0.05, 0) is 24.4 Å². The average Bonchev–Trinajstić information content (AvgIpc) is 2.85. The van der Waals surface area contributed by atoms with Gasteiger partial charge in [-0.1, -0.05) is 11.6 Å². The highest BCUT2D eigenvalue weighted by Crippen LogP contribution is 2.29. The summed E-state index contributed by atoms with van der Waals surface area (Å²) in [5.74, 6) is 1.41. The summed E-state index contributed by atoms with van der Waals surface area (Å²) in [7, 11) is 0. The second-order valence-corrected chi connectivity index (χ2v) is 4.62. The maximum Gasteiger partial charge on any atom is 0.165 e. The van der Waals surface area contributed by atoms with Gasteiger partial charge in [-0.3, -0.25) is 0 Å². The van der Waals surface area contributed by atoms with Crippen molar-refractivity contribution in [1.29, 1.82) is 0 Å². The predicted octanol–water partition coefficient (Wildman–Crippen LogP) is 3.91. The van der Waals surface area contributed by atoms with Crippen LogP contribution in [-0.2, 0) is 0 Å². The lowest BCUT2D eigenvalue weighted by atomic mass is 10.2. The largest absolute Gasteiger partial charge is 0.469 e. The Bertz CT molecular complexity index is 659. The van der Waals surface area contributed by atoms with Gasteiger partial charge in [0.15, 0.2) is 5.82 Å². The highest BCUT2D eigenvalue weighted by atomic mass is 35.5. The van der Waals surface area contributed by atoms with E-state index in [9.17, 15) is 0 Å². The van der Waals surface area contributed by atoms with E-state index in [-0.39, 0.29) is 0 Å². The molecule has 0 spiro atoms. The molecule has 0 saturated heterocycles. The smallest absolute Gasteiger partial charge is 0.165 e. The summed E-state index contributed by atoms with van der Waals surface area (Å²) in [6.07, 6.45) is 1.63. The van der Waals surface area contributed by atoms with E-state index in [0.29, 0.717) is 11.0 Å². The highest BCUT2D eigenvalue weighted by Gasteiger charge is 2.11. The Morgan fingerprint density at radius 3 is 2.94 bits per heavy atom. The number of rotatable bonds is 1. The van der Waals surface area contributed by atoms with Crippen LogP contribution in [0.2, 0.25) is 5.15 Å². The van der Waals surface area contributed by atoms with E-state index in [1.54, 1.807) is 17.6 Å². The predicted molar refractivity (Wildman–Crippen MR) is 64.9 cm³/mol. The molecule has 16 heavy (non-hydrogen) atoms. The third kappa shape index (κ3) is 1.42. The van der Waals surface area contributed by atoms with Gasteiger partial charge in [-0.15, -0.1) is 11.3 Å². The zero-order valence-corrected chi connectivity index (χ0v) is 9.97. The number of nitrogens with zero attached hydrogens (tertiary/aromatic N) is 2. The number of fused-ring (bicyclic) bond motifs is 1. The summed E-state index contributed by atoms with van der Waals surface area (Å²) in [4.78, 5) is 9.64. The number of hydrogen-bond donors (Lipinski definition) is 0. The molecule has 3 nitrogen and oxygen atoms in total. The molecule has 5 heteroatoms. The Hall–Kier alpha value is -1.39. The number of furan rings is 1. The number of thiophene rings is 1. The van der Waals surface area contributed by atoms with Gasteiger partial charge < -0.3 is 4.42 Å². The van der Waals surface area contributed by atoms with E-state index in [2.05, 4.69) is 9.97 Å². The van der Waals surface area contributed by atoms with Gasteiger partial charge in [0.1, 0.15) is 15.7 Å². The van der Waals surface area contributed by atoms with Crippen molar-refractivity contribution in [3.05, 3.63) is 34.7 Å². The molecule has 3 heterocycles. The van der Waals surface area contributed by atoms with E-state index in [1.165, 1.54) is 0 Å². The van der Waals surface area contributed by atoms with Crippen LogP contribution in [0.3, 0.4) is 0 Å². The first-order valence-electron chi connectivity index (χ1n) is 4.71. The van der Waals surface area contributed by atoms with E-state index in [0.717, 1.165) is 21.5 Å². The fourth-order valence-corrected chi connectivity index (χ4v) is 2.61. The first-order chi connectivity index (χ1) is 7.75. The molecule has 3 aromatic heterocycles. The normalized spacial score (nSPS) is 11.1. The fraction of sp³-hybridized carbons (Fsp3) is 0.0909. The van der Waals surface area contributed by atoms with Crippen molar-refractivity contribution >= 4 is 33.2 Å². The molecule has 0 radical (unpaired) electrons. The summed E-state index contributed by atoms with van der Waals surface area (Å²) in [6, 6.07) is 3.77. The molecule has 0 unspecified atom stereocenters. The van der Waals surface area contributed by atoms with Gasteiger partial charge in [-0.25, -0.2) is 9.97 Å². The Balaban J connectivity index is 2.29. The number of halogens is 1.